The van der Waals surface area contributed by atoms with E-state index in [0.717, 1.165) is 44.9 Å². The Labute approximate surface area is 431 Å². The summed E-state index contributed by atoms with van der Waals surface area (Å²) in [7, 11) is 0. The molecule has 0 aliphatic heterocycles. The van der Waals surface area contributed by atoms with Crippen LogP contribution < -0.4 is 5.32 Å². The Balaban J connectivity index is 3.31. The number of rotatable bonds is 58. The maximum atomic E-state index is 12.4. The topological polar surface area (TPSA) is 95.9 Å². The second kappa shape index (κ2) is 58.9. The summed E-state index contributed by atoms with van der Waals surface area (Å²) in [6, 6.07) is -0.622. The number of aliphatic hydroxyl groups excluding tert-OH is 2. The number of allylic oxidation sites excluding steroid dienone is 3. The minimum Gasteiger partial charge on any atom is -0.466 e. The number of aliphatic hydroxyl groups is 2. The van der Waals surface area contributed by atoms with Gasteiger partial charge in [-0.2, -0.15) is 0 Å². The molecule has 0 aromatic rings. The molecule has 0 aliphatic rings. The molecule has 0 bridgehead atoms. The van der Waals surface area contributed by atoms with E-state index in [-0.39, 0.29) is 18.5 Å². The van der Waals surface area contributed by atoms with Gasteiger partial charge < -0.3 is 20.3 Å². The highest BCUT2D eigenvalue weighted by atomic mass is 16.5. The number of esters is 1. The summed E-state index contributed by atoms with van der Waals surface area (Å²) >= 11 is 0. The molecular formula is C63H121NO5. The van der Waals surface area contributed by atoms with E-state index in [9.17, 15) is 19.8 Å². The van der Waals surface area contributed by atoms with E-state index in [1.54, 1.807) is 6.08 Å². The zero-order chi connectivity index (χ0) is 50.0. The lowest BCUT2D eigenvalue weighted by Gasteiger charge is -2.20. The SMILES string of the molecule is CCCCCC/C=C\CCCCCCCC(=O)OCCCCCCCCCCCCCCCCCCCCCCCCCCCCCCCCC(=O)NC(CO)C(O)/C=C/CCCCCCCCC. The minimum atomic E-state index is -0.839. The summed E-state index contributed by atoms with van der Waals surface area (Å²) in [6.45, 7) is 4.87. The van der Waals surface area contributed by atoms with Crippen molar-refractivity contribution in [1.29, 1.82) is 0 Å². The van der Waals surface area contributed by atoms with Gasteiger partial charge in [-0.1, -0.05) is 295 Å². The van der Waals surface area contributed by atoms with Crippen molar-refractivity contribution in [2.24, 2.45) is 0 Å². The molecule has 0 saturated carbocycles. The van der Waals surface area contributed by atoms with Crippen molar-refractivity contribution in [2.75, 3.05) is 13.2 Å². The number of hydrogen-bond donors (Lipinski definition) is 3. The molecule has 1 amide bonds. The van der Waals surface area contributed by atoms with Crippen molar-refractivity contribution in [3.05, 3.63) is 24.3 Å². The molecule has 2 unspecified atom stereocenters. The van der Waals surface area contributed by atoms with Crippen LogP contribution in [-0.4, -0.2) is 47.4 Å². The average molecular weight is 973 g/mol. The number of ether oxygens (including phenoxy) is 1. The van der Waals surface area contributed by atoms with Crippen molar-refractivity contribution in [3.8, 4) is 0 Å². The Morgan fingerprint density at radius 1 is 0.391 bits per heavy atom. The molecule has 0 aliphatic carbocycles. The first-order valence-electron chi connectivity index (χ1n) is 31.1. The van der Waals surface area contributed by atoms with Gasteiger partial charge in [0.05, 0.1) is 25.4 Å². The molecule has 0 rings (SSSR count). The number of carbonyl (C=O) groups is 2. The summed E-state index contributed by atoms with van der Waals surface area (Å²) in [6.07, 6.45) is 72.5. The van der Waals surface area contributed by atoms with Crippen molar-refractivity contribution in [2.45, 2.75) is 353 Å². The largest absolute Gasteiger partial charge is 0.466 e. The first-order chi connectivity index (χ1) is 34.0. The molecule has 2 atom stereocenters. The van der Waals surface area contributed by atoms with Gasteiger partial charge in [0.25, 0.3) is 0 Å². The lowest BCUT2D eigenvalue weighted by molar-refractivity contribution is -0.143. The summed E-state index contributed by atoms with van der Waals surface area (Å²) in [4.78, 5) is 24.4. The second-order valence-electron chi connectivity index (χ2n) is 21.4. The lowest BCUT2D eigenvalue weighted by atomic mass is 10.0. The number of unbranched alkanes of at least 4 members (excludes halogenated alkanes) is 45. The van der Waals surface area contributed by atoms with Gasteiger partial charge in [0.2, 0.25) is 5.91 Å². The third-order valence-corrected chi connectivity index (χ3v) is 14.5. The van der Waals surface area contributed by atoms with E-state index in [2.05, 4.69) is 31.3 Å². The monoisotopic (exact) mass is 972 g/mol. The van der Waals surface area contributed by atoms with Gasteiger partial charge in [0, 0.05) is 12.8 Å². The van der Waals surface area contributed by atoms with Crippen LogP contribution in [0.2, 0.25) is 0 Å². The zero-order valence-corrected chi connectivity index (χ0v) is 46.6. The van der Waals surface area contributed by atoms with Crippen molar-refractivity contribution >= 4 is 11.9 Å². The summed E-state index contributed by atoms with van der Waals surface area (Å²) in [5, 5.41) is 22.9. The van der Waals surface area contributed by atoms with Crippen LogP contribution in [0.4, 0.5) is 0 Å². The van der Waals surface area contributed by atoms with Crippen LogP contribution >= 0.6 is 0 Å². The summed E-state index contributed by atoms with van der Waals surface area (Å²) in [5.74, 6) is -0.0554. The quantitative estimate of drug-likeness (QED) is 0.0321. The maximum Gasteiger partial charge on any atom is 0.305 e. The molecule has 0 radical (unpaired) electrons. The van der Waals surface area contributed by atoms with Gasteiger partial charge >= 0.3 is 5.97 Å². The number of hydrogen-bond acceptors (Lipinski definition) is 5. The fourth-order valence-electron chi connectivity index (χ4n) is 9.69. The molecule has 0 aromatic carbocycles. The third-order valence-electron chi connectivity index (χ3n) is 14.5. The van der Waals surface area contributed by atoms with Gasteiger partial charge in [0.1, 0.15) is 0 Å². The second-order valence-corrected chi connectivity index (χ2v) is 21.4. The van der Waals surface area contributed by atoms with Gasteiger partial charge in [-0.05, 0) is 57.8 Å². The van der Waals surface area contributed by atoms with Gasteiger partial charge in [-0.3, -0.25) is 9.59 Å². The Hall–Kier alpha value is -1.66. The predicted octanol–water partition coefficient (Wildman–Crippen LogP) is 19.4. The number of nitrogens with one attached hydrogen (secondary N) is 1. The highest BCUT2D eigenvalue weighted by Gasteiger charge is 2.18. The van der Waals surface area contributed by atoms with E-state index in [0.29, 0.717) is 19.4 Å². The summed E-state index contributed by atoms with van der Waals surface area (Å²) in [5.41, 5.74) is 0. The van der Waals surface area contributed by atoms with Gasteiger partial charge in [-0.15, -0.1) is 0 Å². The molecule has 6 heteroatoms. The Bertz CT molecular complexity index is 1080. The van der Waals surface area contributed by atoms with Gasteiger partial charge in [-0.25, -0.2) is 0 Å². The Kier molecular flexibility index (Phi) is 57.5. The van der Waals surface area contributed by atoms with E-state index in [1.807, 2.05) is 6.08 Å². The lowest BCUT2D eigenvalue weighted by Crippen LogP contribution is -2.45. The molecule has 3 N–H and O–H groups in total. The zero-order valence-electron chi connectivity index (χ0n) is 46.6. The Morgan fingerprint density at radius 3 is 1.04 bits per heavy atom. The molecule has 0 saturated heterocycles. The van der Waals surface area contributed by atoms with E-state index >= 15 is 0 Å². The van der Waals surface area contributed by atoms with E-state index in [4.69, 9.17) is 4.74 Å². The van der Waals surface area contributed by atoms with Crippen LogP contribution in [0, 0.1) is 0 Å². The number of carbonyl (C=O) groups excluding carboxylic acids is 2. The predicted molar refractivity (Wildman–Crippen MR) is 301 cm³/mol. The van der Waals surface area contributed by atoms with Crippen LogP contribution in [0.15, 0.2) is 24.3 Å². The molecule has 0 aromatic heterocycles. The van der Waals surface area contributed by atoms with Crippen LogP contribution in [0.5, 0.6) is 0 Å². The summed E-state index contributed by atoms with van der Waals surface area (Å²) < 4.78 is 5.48. The van der Waals surface area contributed by atoms with Crippen molar-refractivity contribution < 1.29 is 24.5 Å². The fraction of sp³-hybridized carbons (Fsp3) is 0.905. The van der Waals surface area contributed by atoms with Crippen LogP contribution in [-0.2, 0) is 14.3 Å². The molecule has 69 heavy (non-hydrogen) atoms. The highest BCUT2D eigenvalue weighted by Crippen LogP contribution is 2.18. The van der Waals surface area contributed by atoms with Crippen molar-refractivity contribution in [3.63, 3.8) is 0 Å². The first kappa shape index (κ1) is 67.3. The average Bonchev–Trinajstić information content (AvgIpc) is 3.35. The van der Waals surface area contributed by atoms with Crippen LogP contribution in [0.3, 0.4) is 0 Å². The molecule has 0 fully saturated rings. The normalized spacial score (nSPS) is 12.7. The molecular weight excluding hydrogens is 851 g/mol. The standard InChI is InChI=1S/C63H121NO5/c1-3-5-7-9-11-13-14-33-37-41-45-49-53-57-63(68)69-58-54-50-46-42-38-35-32-30-28-26-24-22-20-18-16-15-17-19-21-23-25-27-29-31-34-36-40-44-48-52-56-62(67)64-60(59-65)61(66)55-51-47-43-39-12-10-8-6-4-2/h13-14,51,55,60-61,65-66H,3-12,15-50,52-54,56-59H2,1-2H3,(H,64,67)/b14-13-,55-51+. The molecule has 0 heterocycles. The third kappa shape index (κ3) is 55.5. The smallest absolute Gasteiger partial charge is 0.305 e. The molecule has 0 spiro atoms. The molecule has 408 valence electrons. The van der Waals surface area contributed by atoms with E-state index < -0.39 is 12.1 Å². The highest BCUT2D eigenvalue weighted by molar-refractivity contribution is 5.76. The number of amides is 1. The van der Waals surface area contributed by atoms with Crippen LogP contribution in [0.1, 0.15) is 341 Å². The first-order valence-corrected chi connectivity index (χ1v) is 31.1. The van der Waals surface area contributed by atoms with E-state index in [1.165, 1.54) is 270 Å². The maximum absolute atomic E-state index is 12.4. The van der Waals surface area contributed by atoms with Crippen molar-refractivity contribution in [1.82, 2.24) is 5.32 Å². The van der Waals surface area contributed by atoms with Crippen LogP contribution in [0.25, 0.3) is 0 Å². The minimum absolute atomic E-state index is 0.0105. The Morgan fingerprint density at radius 2 is 0.681 bits per heavy atom. The van der Waals surface area contributed by atoms with Gasteiger partial charge in [0.15, 0.2) is 0 Å². The fourth-order valence-corrected chi connectivity index (χ4v) is 9.69. The molecule has 6 nitrogen and oxygen atoms in total.